The predicted octanol–water partition coefficient (Wildman–Crippen LogP) is 2.27. The lowest BCUT2D eigenvalue weighted by molar-refractivity contribution is 0.0697. The Morgan fingerprint density at radius 2 is 1.96 bits per heavy atom. The highest BCUT2D eigenvalue weighted by Gasteiger charge is 2.28. The van der Waals surface area contributed by atoms with E-state index in [0.717, 1.165) is 29.7 Å². The van der Waals surface area contributed by atoms with Crippen LogP contribution in [-0.2, 0) is 16.4 Å². The molecule has 0 aliphatic carbocycles. The Labute approximate surface area is 147 Å². The van der Waals surface area contributed by atoms with Gasteiger partial charge in [-0.25, -0.2) is 17.5 Å². The Hall–Kier alpha value is -2.25. The normalized spacial score (nSPS) is 18.4. The molecular formula is C18H20N2O4S. The number of hydrogen-bond donors (Lipinski definition) is 1. The van der Waals surface area contributed by atoms with Gasteiger partial charge in [0.05, 0.1) is 17.5 Å². The fourth-order valence-electron chi connectivity index (χ4n) is 3.10. The smallest absolute Gasteiger partial charge is 0.335 e. The molecule has 0 spiro atoms. The molecule has 1 aromatic heterocycles. The number of rotatable bonds is 5. The Bertz CT molecular complexity index is 861. The summed E-state index contributed by atoms with van der Waals surface area (Å²) < 4.78 is 24.7. The molecule has 0 radical (unpaired) electrons. The van der Waals surface area contributed by atoms with Crippen molar-refractivity contribution in [2.75, 3.05) is 19.3 Å². The quantitative estimate of drug-likeness (QED) is 0.884. The van der Waals surface area contributed by atoms with E-state index in [1.54, 1.807) is 24.3 Å². The van der Waals surface area contributed by atoms with E-state index in [0.29, 0.717) is 19.0 Å². The lowest BCUT2D eigenvalue weighted by atomic mass is 9.99. The third-order valence-corrected chi connectivity index (χ3v) is 5.76. The van der Waals surface area contributed by atoms with Crippen molar-refractivity contribution in [3.05, 3.63) is 53.7 Å². The molecule has 25 heavy (non-hydrogen) atoms. The second-order valence-corrected chi connectivity index (χ2v) is 8.40. The molecule has 2 aromatic rings. The lowest BCUT2D eigenvalue weighted by Gasteiger charge is -2.13. The van der Waals surface area contributed by atoms with Gasteiger partial charge in [0.2, 0.25) is 10.0 Å². The Balaban J connectivity index is 1.66. The number of carboxylic acids is 1. The van der Waals surface area contributed by atoms with Crippen molar-refractivity contribution in [2.24, 2.45) is 5.92 Å². The third kappa shape index (κ3) is 4.24. The van der Waals surface area contributed by atoms with Gasteiger partial charge in [-0.15, -0.1) is 0 Å². The third-order valence-electron chi connectivity index (χ3n) is 4.49. The maximum Gasteiger partial charge on any atom is 0.335 e. The fourth-order valence-corrected chi connectivity index (χ4v) is 4.02. The number of sulfonamides is 1. The van der Waals surface area contributed by atoms with Gasteiger partial charge in [-0.05, 0) is 42.5 Å². The molecule has 1 aliphatic heterocycles. The Morgan fingerprint density at radius 1 is 1.24 bits per heavy atom. The van der Waals surface area contributed by atoms with Crippen LogP contribution in [0.15, 0.2) is 42.6 Å². The average Bonchev–Trinajstić information content (AvgIpc) is 3.04. The first-order chi connectivity index (χ1) is 11.8. The summed E-state index contributed by atoms with van der Waals surface area (Å²) in [4.78, 5) is 15.3. The molecule has 3 rings (SSSR count). The van der Waals surface area contributed by atoms with Crippen LogP contribution < -0.4 is 0 Å². The van der Waals surface area contributed by atoms with E-state index in [1.165, 1.54) is 10.6 Å². The summed E-state index contributed by atoms with van der Waals surface area (Å²) >= 11 is 0. The highest BCUT2D eigenvalue weighted by molar-refractivity contribution is 7.88. The van der Waals surface area contributed by atoms with E-state index in [9.17, 15) is 13.2 Å². The molecule has 1 fully saturated rings. The molecule has 1 aromatic carbocycles. The minimum absolute atomic E-state index is 0.247. The molecule has 1 N–H and O–H groups in total. The summed E-state index contributed by atoms with van der Waals surface area (Å²) in [5.74, 6) is -0.633. The van der Waals surface area contributed by atoms with Gasteiger partial charge in [0, 0.05) is 24.8 Å². The van der Waals surface area contributed by atoms with Crippen LogP contribution >= 0.6 is 0 Å². The van der Waals surface area contributed by atoms with Gasteiger partial charge in [-0.2, -0.15) is 0 Å². The number of nitrogens with zero attached hydrogens (tertiary/aromatic N) is 2. The van der Waals surface area contributed by atoms with Crippen molar-refractivity contribution in [3.8, 4) is 11.3 Å². The number of carboxylic acid groups (broad SMARTS) is 1. The highest BCUT2D eigenvalue weighted by atomic mass is 32.2. The maximum atomic E-state index is 11.6. The van der Waals surface area contributed by atoms with Crippen molar-refractivity contribution in [2.45, 2.75) is 12.8 Å². The van der Waals surface area contributed by atoms with Crippen LogP contribution in [0.4, 0.5) is 0 Å². The summed E-state index contributed by atoms with van der Waals surface area (Å²) in [5.41, 5.74) is 2.97. The van der Waals surface area contributed by atoms with E-state index in [4.69, 9.17) is 5.11 Å². The second kappa shape index (κ2) is 6.93. The summed E-state index contributed by atoms with van der Waals surface area (Å²) in [7, 11) is -3.10. The highest BCUT2D eigenvalue weighted by Crippen LogP contribution is 2.24. The number of benzene rings is 1. The topological polar surface area (TPSA) is 87.6 Å². The van der Waals surface area contributed by atoms with Crippen LogP contribution in [0.25, 0.3) is 11.3 Å². The van der Waals surface area contributed by atoms with E-state index >= 15 is 0 Å². The van der Waals surface area contributed by atoms with Crippen molar-refractivity contribution < 1.29 is 18.3 Å². The van der Waals surface area contributed by atoms with Crippen LogP contribution in [-0.4, -0.2) is 48.1 Å². The molecular weight excluding hydrogens is 340 g/mol. The molecule has 0 saturated carbocycles. The van der Waals surface area contributed by atoms with Gasteiger partial charge in [0.1, 0.15) is 0 Å². The van der Waals surface area contributed by atoms with Gasteiger partial charge in [0.25, 0.3) is 0 Å². The standard InChI is InChI=1S/C18H20N2O4S/c1-25(23,24)20-9-8-14(12-20)10-13-2-7-17(19-11-13)15-3-5-16(6-4-15)18(21)22/h2-7,11,14H,8-10,12H2,1H3,(H,21,22)/t14-/m0/s1. The zero-order valence-corrected chi connectivity index (χ0v) is 14.7. The average molecular weight is 360 g/mol. The Morgan fingerprint density at radius 3 is 2.48 bits per heavy atom. The Kier molecular flexibility index (Phi) is 4.87. The summed E-state index contributed by atoms with van der Waals surface area (Å²) in [6, 6.07) is 10.5. The van der Waals surface area contributed by atoms with Crippen molar-refractivity contribution in [1.29, 1.82) is 0 Å². The van der Waals surface area contributed by atoms with Gasteiger partial charge in [-0.1, -0.05) is 18.2 Å². The van der Waals surface area contributed by atoms with Gasteiger partial charge in [-0.3, -0.25) is 4.98 Å². The van der Waals surface area contributed by atoms with Crippen LogP contribution in [0.2, 0.25) is 0 Å². The predicted molar refractivity (Wildman–Crippen MR) is 94.9 cm³/mol. The van der Waals surface area contributed by atoms with Crippen LogP contribution in [0.1, 0.15) is 22.3 Å². The fraction of sp³-hybridized carbons (Fsp3) is 0.333. The molecule has 0 unspecified atom stereocenters. The largest absolute Gasteiger partial charge is 0.478 e. The van der Waals surface area contributed by atoms with Crippen LogP contribution in [0.3, 0.4) is 0 Å². The zero-order valence-electron chi connectivity index (χ0n) is 13.9. The minimum Gasteiger partial charge on any atom is -0.478 e. The van der Waals surface area contributed by atoms with E-state index in [2.05, 4.69) is 4.98 Å². The summed E-state index contributed by atoms with van der Waals surface area (Å²) in [5, 5.41) is 8.93. The van der Waals surface area contributed by atoms with Crippen LogP contribution in [0.5, 0.6) is 0 Å². The first-order valence-corrected chi connectivity index (χ1v) is 9.91. The van der Waals surface area contributed by atoms with E-state index in [1.807, 2.05) is 18.3 Å². The number of hydrogen-bond acceptors (Lipinski definition) is 4. The summed E-state index contributed by atoms with van der Waals surface area (Å²) in [6.07, 6.45) is 4.73. The van der Waals surface area contributed by atoms with Crippen LogP contribution in [0, 0.1) is 5.92 Å². The molecule has 1 atom stereocenters. The maximum absolute atomic E-state index is 11.6. The molecule has 1 aliphatic rings. The molecule has 0 bridgehead atoms. The molecule has 6 nitrogen and oxygen atoms in total. The molecule has 0 amide bonds. The zero-order chi connectivity index (χ0) is 18.0. The van der Waals surface area contributed by atoms with Crippen molar-refractivity contribution >= 4 is 16.0 Å². The number of aromatic carboxylic acids is 1. The van der Waals surface area contributed by atoms with Crippen molar-refractivity contribution in [1.82, 2.24) is 9.29 Å². The van der Waals surface area contributed by atoms with Gasteiger partial charge in [0.15, 0.2) is 0 Å². The summed E-state index contributed by atoms with van der Waals surface area (Å²) in [6.45, 7) is 1.15. The molecule has 7 heteroatoms. The van der Waals surface area contributed by atoms with Crippen molar-refractivity contribution in [3.63, 3.8) is 0 Å². The second-order valence-electron chi connectivity index (χ2n) is 6.41. The monoisotopic (exact) mass is 360 g/mol. The van der Waals surface area contributed by atoms with Gasteiger partial charge < -0.3 is 5.11 Å². The molecule has 132 valence electrons. The SMILES string of the molecule is CS(=O)(=O)N1CC[C@@H](Cc2ccc(-c3ccc(C(=O)O)cc3)nc2)C1. The minimum atomic E-state index is -3.10. The number of carbonyl (C=O) groups is 1. The lowest BCUT2D eigenvalue weighted by Crippen LogP contribution is -2.27. The van der Waals surface area contributed by atoms with E-state index < -0.39 is 16.0 Å². The number of aromatic nitrogens is 1. The molecule has 1 saturated heterocycles. The number of pyridine rings is 1. The molecule has 2 heterocycles. The van der Waals surface area contributed by atoms with E-state index in [-0.39, 0.29) is 5.56 Å². The van der Waals surface area contributed by atoms with Gasteiger partial charge >= 0.3 is 5.97 Å². The first-order valence-electron chi connectivity index (χ1n) is 8.07. The first kappa shape index (κ1) is 17.6.